The zero-order valence-corrected chi connectivity index (χ0v) is 23.5. The van der Waals surface area contributed by atoms with Crippen molar-refractivity contribution in [2.24, 2.45) is 0 Å². The highest BCUT2D eigenvalue weighted by atomic mass is 31.1. The molecule has 4 aromatic carbocycles. The molecular formula is C31H32O4P2+2. The van der Waals surface area contributed by atoms with Crippen molar-refractivity contribution in [1.82, 2.24) is 0 Å². The van der Waals surface area contributed by atoms with Crippen molar-refractivity contribution in [3.8, 4) is 11.5 Å². The van der Waals surface area contributed by atoms with Crippen LogP contribution in [0.15, 0.2) is 84.9 Å². The smallest absolute Gasteiger partial charge is 0.415 e. The van der Waals surface area contributed by atoms with Crippen molar-refractivity contribution >= 4 is 36.8 Å². The average molecular weight is 531 g/mol. The molecule has 2 atom stereocenters. The van der Waals surface area contributed by atoms with Gasteiger partial charge in [0.25, 0.3) is 0 Å². The van der Waals surface area contributed by atoms with Crippen LogP contribution in [0.25, 0.3) is 0 Å². The molecule has 0 aliphatic rings. The maximum atomic E-state index is 13.1. The molecule has 2 unspecified atom stereocenters. The van der Waals surface area contributed by atoms with Crippen LogP contribution in [0.3, 0.4) is 0 Å². The van der Waals surface area contributed by atoms with Crippen LogP contribution in [0.1, 0.15) is 28.7 Å². The molecule has 0 aliphatic carbocycles. The summed E-state index contributed by atoms with van der Waals surface area (Å²) in [6.45, 7) is 9.01. The molecule has 0 heterocycles. The van der Waals surface area contributed by atoms with E-state index in [0.29, 0.717) is 31.1 Å². The Labute approximate surface area is 221 Å². The Morgan fingerprint density at radius 2 is 0.892 bits per heavy atom. The molecule has 0 N–H and O–H groups in total. The van der Waals surface area contributed by atoms with Gasteiger partial charge in [-0.3, -0.25) is 0 Å². The van der Waals surface area contributed by atoms with Gasteiger partial charge < -0.3 is 9.47 Å². The topological polar surface area (TPSA) is 52.6 Å². The third-order valence-corrected chi connectivity index (χ3v) is 8.76. The SMILES string of the molecule is Cc1cc(C)cc([P+](=O)c2cccc(OCCCOc3cccc([P+](=O)c4cc(C)cc(C)c4)c3)c2)c1. The lowest BCUT2D eigenvalue weighted by molar-refractivity contribution is 0.247. The van der Waals surface area contributed by atoms with Gasteiger partial charge in [0.15, 0.2) is 21.2 Å². The van der Waals surface area contributed by atoms with Gasteiger partial charge in [0.05, 0.1) is 13.2 Å². The number of ether oxygens (including phenoxy) is 2. The molecule has 0 aromatic heterocycles. The third kappa shape index (κ3) is 7.35. The van der Waals surface area contributed by atoms with Crippen molar-refractivity contribution in [3.05, 3.63) is 107 Å². The summed E-state index contributed by atoms with van der Waals surface area (Å²) in [5, 5.41) is 3.17. The van der Waals surface area contributed by atoms with Crippen LogP contribution in [0.5, 0.6) is 11.5 Å². The standard InChI is InChI=1S/C31H32O4P2/c1-22-14-23(2)17-30(16-22)36(32)28-10-5-8-26(20-28)34-12-7-13-35-27-9-6-11-29(21-27)37(33)31-18-24(3)15-25(4)19-31/h5-6,8-11,14-21H,7,12-13H2,1-4H3/q+2. The fourth-order valence-electron chi connectivity index (χ4n) is 4.27. The van der Waals surface area contributed by atoms with Gasteiger partial charge in [0, 0.05) is 18.6 Å². The predicted molar refractivity (Wildman–Crippen MR) is 154 cm³/mol. The number of aryl methyl sites for hydroxylation is 4. The second kappa shape index (κ2) is 12.3. The Morgan fingerprint density at radius 3 is 1.27 bits per heavy atom. The van der Waals surface area contributed by atoms with Crippen LogP contribution >= 0.6 is 15.6 Å². The summed E-state index contributed by atoms with van der Waals surface area (Å²) in [6.07, 6.45) is 0.681. The second-order valence-corrected chi connectivity index (χ2v) is 12.6. The van der Waals surface area contributed by atoms with E-state index in [1.54, 1.807) is 0 Å². The molecular weight excluding hydrogens is 498 g/mol. The van der Waals surface area contributed by atoms with E-state index < -0.39 is 15.6 Å². The Hall–Kier alpha value is -3.32. The van der Waals surface area contributed by atoms with E-state index in [1.165, 1.54) is 0 Å². The molecule has 0 bridgehead atoms. The minimum Gasteiger partial charge on any atom is -0.493 e. The summed E-state index contributed by atoms with van der Waals surface area (Å²) in [4.78, 5) is 0. The number of rotatable bonds is 10. The summed E-state index contributed by atoms with van der Waals surface area (Å²) >= 11 is 0. The lowest BCUT2D eigenvalue weighted by atomic mass is 10.2. The highest BCUT2D eigenvalue weighted by molar-refractivity contribution is 7.61. The van der Waals surface area contributed by atoms with Gasteiger partial charge in [-0.05, 0) is 98.5 Å². The van der Waals surface area contributed by atoms with Gasteiger partial charge in [0.2, 0.25) is 0 Å². The van der Waals surface area contributed by atoms with Crippen molar-refractivity contribution in [1.29, 1.82) is 0 Å². The van der Waals surface area contributed by atoms with Gasteiger partial charge in [-0.2, -0.15) is 0 Å². The quantitative estimate of drug-likeness (QED) is 0.178. The molecule has 0 fully saturated rings. The zero-order chi connectivity index (χ0) is 26.4. The molecule has 188 valence electrons. The fourth-order valence-corrected chi connectivity index (χ4v) is 7.08. The first kappa shape index (κ1) is 26.7. The summed E-state index contributed by atoms with van der Waals surface area (Å²) in [5.41, 5.74) is 4.42. The molecule has 0 radical (unpaired) electrons. The maximum Gasteiger partial charge on any atom is 0.415 e. The van der Waals surface area contributed by atoms with Crippen molar-refractivity contribution < 1.29 is 18.6 Å². The Morgan fingerprint density at radius 1 is 0.514 bits per heavy atom. The Balaban J connectivity index is 1.30. The molecule has 0 aliphatic heterocycles. The van der Waals surface area contributed by atoms with Gasteiger partial charge >= 0.3 is 15.6 Å². The van der Waals surface area contributed by atoms with Crippen LogP contribution in [0.2, 0.25) is 0 Å². The second-order valence-electron chi connectivity index (χ2n) is 9.33. The maximum absolute atomic E-state index is 13.1. The van der Waals surface area contributed by atoms with E-state index in [2.05, 4.69) is 12.1 Å². The van der Waals surface area contributed by atoms with E-state index in [0.717, 1.165) is 43.5 Å². The minimum absolute atomic E-state index is 0.473. The van der Waals surface area contributed by atoms with E-state index in [-0.39, 0.29) is 0 Å². The first-order valence-corrected chi connectivity index (χ1v) is 14.9. The van der Waals surface area contributed by atoms with Gasteiger partial charge in [-0.1, -0.05) is 33.4 Å². The Bertz CT molecular complexity index is 1300. The average Bonchev–Trinajstić information content (AvgIpc) is 2.87. The van der Waals surface area contributed by atoms with E-state index in [1.807, 2.05) is 100 Å². The van der Waals surface area contributed by atoms with Gasteiger partial charge in [-0.25, -0.2) is 0 Å². The summed E-state index contributed by atoms with van der Waals surface area (Å²) < 4.78 is 38.0. The van der Waals surface area contributed by atoms with Crippen LogP contribution < -0.4 is 30.7 Å². The van der Waals surface area contributed by atoms with Crippen molar-refractivity contribution in [2.45, 2.75) is 34.1 Å². The number of benzene rings is 4. The van der Waals surface area contributed by atoms with E-state index in [4.69, 9.17) is 9.47 Å². The molecule has 0 saturated carbocycles. The van der Waals surface area contributed by atoms with Crippen molar-refractivity contribution in [2.75, 3.05) is 13.2 Å². The molecule has 6 heteroatoms. The molecule has 4 rings (SSSR count). The summed E-state index contributed by atoms with van der Waals surface area (Å²) in [7, 11) is -3.36. The molecule has 37 heavy (non-hydrogen) atoms. The van der Waals surface area contributed by atoms with Crippen molar-refractivity contribution in [3.63, 3.8) is 0 Å². The normalized spacial score (nSPS) is 11.7. The number of hydrogen-bond donors (Lipinski definition) is 0. The van der Waals surface area contributed by atoms with Crippen LogP contribution in [-0.4, -0.2) is 13.2 Å². The first-order chi connectivity index (χ1) is 17.8. The van der Waals surface area contributed by atoms with E-state index >= 15 is 0 Å². The Kier molecular flexibility index (Phi) is 8.87. The highest BCUT2D eigenvalue weighted by Crippen LogP contribution is 2.25. The first-order valence-electron chi connectivity index (χ1n) is 12.4. The predicted octanol–water partition coefficient (Wildman–Crippen LogP) is 6.32. The molecule has 4 aromatic rings. The zero-order valence-electron chi connectivity index (χ0n) is 21.7. The molecule has 0 saturated heterocycles. The summed E-state index contributed by atoms with van der Waals surface area (Å²) in [5.74, 6) is 1.38. The molecule has 4 nitrogen and oxygen atoms in total. The summed E-state index contributed by atoms with van der Waals surface area (Å²) in [6, 6.07) is 27.0. The van der Waals surface area contributed by atoms with Gasteiger partial charge in [-0.15, -0.1) is 0 Å². The van der Waals surface area contributed by atoms with Crippen LogP contribution in [0.4, 0.5) is 0 Å². The minimum atomic E-state index is -1.68. The lowest BCUT2D eigenvalue weighted by Crippen LogP contribution is -2.10. The van der Waals surface area contributed by atoms with E-state index in [9.17, 15) is 9.13 Å². The molecule has 0 amide bonds. The van der Waals surface area contributed by atoms with Crippen LogP contribution in [0, 0.1) is 27.7 Å². The fraction of sp³-hybridized carbons (Fsp3) is 0.226. The molecule has 0 spiro atoms. The highest BCUT2D eigenvalue weighted by Gasteiger charge is 2.25. The number of hydrogen-bond acceptors (Lipinski definition) is 4. The van der Waals surface area contributed by atoms with Crippen LogP contribution in [-0.2, 0) is 9.13 Å². The monoisotopic (exact) mass is 530 g/mol. The largest absolute Gasteiger partial charge is 0.493 e. The van der Waals surface area contributed by atoms with Gasteiger partial charge in [0.1, 0.15) is 11.5 Å². The third-order valence-electron chi connectivity index (χ3n) is 5.81. The lowest BCUT2D eigenvalue weighted by Gasteiger charge is -2.08.